The molecule has 0 aliphatic carbocycles. The van der Waals surface area contributed by atoms with Crippen LogP contribution < -0.4 is 0 Å². The van der Waals surface area contributed by atoms with E-state index < -0.39 is 17.9 Å². The van der Waals surface area contributed by atoms with Gasteiger partial charge in [0.05, 0.1) is 50.2 Å². The van der Waals surface area contributed by atoms with Gasteiger partial charge in [-0.3, -0.25) is 9.59 Å². The van der Waals surface area contributed by atoms with E-state index in [4.69, 9.17) is 116 Å². The highest BCUT2D eigenvalue weighted by molar-refractivity contribution is 7.14. The third kappa shape index (κ3) is 4.68. The largest absolute Gasteiger partial charge is 0.480 e. The summed E-state index contributed by atoms with van der Waals surface area (Å²) >= 11 is 63.2. The van der Waals surface area contributed by atoms with E-state index in [0.717, 1.165) is 11.3 Å². The van der Waals surface area contributed by atoms with Crippen LogP contribution in [-0.2, 0) is 9.59 Å². The Morgan fingerprint density at radius 1 is 0.588 bits per heavy atom. The maximum absolute atomic E-state index is 12.1. The molecule has 0 spiro atoms. The number of halogens is 10. The van der Waals surface area contributed by atoms with Crippen molar-refractivity contribution in [2.45, 2.75) is 5.92 Å². The summed E-state index contributed by atoms with van der Waals surface area (Å²) in [6.45, 7) is 0. The predicted molar refractivity (Wildman–Crippen MR) is 143 cm³/mol. The van der Waals surface area contributed by atoms with Crippen LogP contribution in [0.15, 0.2) is 5.38 Å². The van der Waals surface area contributed by atoms with Gasteiger partial charge in [0.1, 0.15) is 0 Å². The van der Waals surface area contributed by atoms with Crippen LogP contribution in [0.4, 0.5) is 0 Å². The van der Waals surface area contributed by atoms with E-state index in [2.05, 4.69) is 0 Å². The van der Waals surface area contributed by atoms with E-state index in [9.17, 15) is 19.8 Å². The fraction of sp³-hybridized carbons (Fsp3) is 0.0526. The molecule has 2 aromatic carbocycles. The zero-order valence-corrected chi connectivity index (χ0v) is 23.9. The van der Waals surface area contributed by atoms with Crippen LogP contribution in [0.25, 0.3) is 21.6 Å². The van der Waals surface area contributed by atoms with Gasteiger partial charge in [0.15, 0.2) is 5.92 Å². The van der Waals surface area contributed by atoms with Gasteiger partial charge >= 0.3 is 11.9 Å². The van der Waals surface area contributed by atoms with Crippen LogP contribution in [-0.4, -0.2) is 22.2 Å². The number of carbonyl (C=O) groups is 2. The molecule has 180 valence electrons. The Hall–Kier alpha value is -0.0200. The third-order valence-electron chi connectivity index (χ3n) is 4.53. The van der Waals surface area contributed by atoms with E-state index >= 15 is 0 Å². The van der Waals surface area contributed by atoms with E-state index in [-0.39, 0.29) is 77.4 Å². The molecule has 3 aromatic rings. The molecule has 0 bridgehead atoms. The van der Waals surface area contributed by atoms with Crippen molar-refractivity contribution in [3.63, 3.8) is 0 Å². The zero-order chi connectivity index (χ0) is 25.8. The summed E-state index contributed by atoms with van der Waals surface area (Å²) in [6.07, 6.45) is 0. The summed E-state index contributed by atoms with van der Waals surface area (Å²) in [7, 11) is 0. The van der Waals surface area contributed by atoms with Gasteiger partial charge < -0.3 is 10.2 Å². The highest BCUT2D eigenvalue weighted by Crippen LogP contribution is 2.56. The molecule has 3 rings (SSSR count). The van der Waals surface area contributed by atoms with Crippen molar-refractivity contribution >= 4 is 139 Å². The van der Waals surface area contributed by atoms with Crippen LogP contribution in [0, 0.1) is 0 Å². The third-order valence-corrected chi connectivity index (χ3v) is 10.1. The van der Waals surface area contributed by atoms with Crippen LogP contribution in [0.1, 0.15) is 11.5 Å². The predicted octanol–water partition coefficient (Wildman–Crippen LogP) is 10.9. The lowest BCUT2D eigenvalue weighted by Gasteiger charge is -2.18. The van der Waals surface area contributed by atoms with Crippen LogP contribution in [0.3, 0.4) is 0 Å². The smallest absolute Gasteiger partial charge is 0.322 e. The molecular weight excluding hydrogens is 679 g/mol. The molecule has 1 heterocycles. The second-order valence-corrected chi connectivity index (χ2v) is 11.1. The minimum atomic E-state index is -2.13. The number of aliphatic carboxylic acids is 2. The topological polar surface area (TPSA) is 74.6 Å². The number of hydrogen-bond donors (Lipinski definition) is 2. The number of thiophene rings is 1. The molecule has 0 aliphatic heterocycles. The van der Waals surface area contributed by atoms with Gasteiger partial charge in [0, 0.05) is 27.1 Å². The molecule has 2 N–H and O–H groups in total. The van der Waals surface area contributed by atoms with Gasteiger partial charge in [0.2, 0.25) is 0 Å². The summed E-state index contributed by atoms with van der Waals surface area (Å²) in [5.41, 5.74) is -0.382. The number of hydrogen-bond acceptors (Lipinski definition) is 3. The summed E-state index contributed by atoms with van der Waals surface area (Å²) in [5.74, 6) is -5.53. The van der Waals surface area contributed by atoms with E-state index in [0.29, 0.717) is 0 Å². The Kier molecular flexibility index (Phi) is 9.04. The van der Waals surface area contributed by atoms with Gasteiger partial charge in [-0.05, 0) is 5.38 Å². The first-order valence-corrected chi connectivity index (χ1v) is 13.0. The van der Waals surface area contributed by atoms with Gasteiger partial charge in [-0.1, -0.05) is 116 Å². The summed E-state index contributed by atoms with van der Waals surface area (Å²) in [4.78, 5) is 24.1. The Morgan fingerprint density at radius 2 is 0.912 bits per heavy atom. The van der Waals surface area contributed by atoms with Gasteiger partial charge in [-0.25, -0.2) is 0 Å². The Bertz CT molecular complexity index is 1230. The summed E-state index contributed by atoms with van der Waals surface area (Å²) < 4.78 is 0. The highest BCUT2D eigenvalue weighted by atomic mass is 35.5. The van der Waals surface area contributed by atoms with Crippen LogP contribution in [0.5, 0.6) is 0 Å². The second kappa shape index (κ2) is 10.8. The Labute approximate surface area is 245 Å². The molecule has 0 atom stereocenters. The van der Waals surface area contributed by atoms with Crippen molar-refractivity contribution in [2.24, 2.45) is 0 Å². The first-order valence-electron chi connectivity index (χ1n) is 8.34. The average molecular weight is 683 g/mol. The zero-order valence-electron chi connectivity index (χ0n) is 15.6. The average Bonchev–Trinajstić information content (AvgIpc) is 3.17. The molecule has 0 aliphatic rings. The lowest BCUT2D eigenvalue weighted by atomic mass is 9.90. The summed E-state index contributed by atoms with van der Waals surface area (Å²) in [6, 6.07) is 0. The summed E-state index contributed by atoms with van der Waals surface area (Å²) in [5, 5.41) is 19.2. The normalized spacial score (nSPS) is 11.4. The monoisotopic (exact) mass is 678 g/mol. The molecule has 4 nitrogen and oxygen atoms in total. The van der Waals surface area contributed by atoms with Gasteiger partial charge in [0.25, 0.3) is 0 Å². The molecular formula is C19H4Cl10O4S. The standard InChI is InChI=1S/C19H4Cl10O4S/c20-7-4(8(21)12(25)15(28)11(7)24)2-1-34-17(3(2)5(18(30)31)19(32)33)6-9(22)13(26)16(29)14(27)10(6)23/h1,5H,(H,30,31)(H,32,33). The fourth-order valence-corrected chi connectivity index (χ4v) is 6.98. The molecule has 0 unspecified atom stereocenters. The lowest BCUT2D eigenvalue weighted by molar-refractivity contribution is -0.149. The van der Waals surface area contributed by atoms with Crippen molar-refractivity contribution in [1.82, 2.24) is 0 Å². The minimum absolute atomic E-state index is 0.00888. The van der Waals surface area contributed by atoms with Crippen molar-refractivity contribution in [3.8, 4) is 21.6 Å². The maximum atomic E-state index is 12.1. The Balaban J connectivity index is 2.56. The molecule has 34 heavy (non-hydrogen) atoms. The molecule has 1 aromatic heterocycles. The van der Waals surface area contributed by atoms with Crippen LogP contribution in [0.2, 0.25) is 50.2 Å². The Morgan fingerprint density at radius 3 is 1.26 bits per heavy atom. The van der Waals surface area contributed by atoms with E-state index in [1.165, 1.54) is 5.38 Å². The maximum Gasteiger partial charge on any atom is 0.322 e. The molecule has 15 heteroatoms. The fourth-order valence-electron chi connectivity index (χ4n) is 3.04. The molecule has 0 saturated carbocycles. The minimum Gasteiger partial charge on any atom is -0.480 e. The SMILES string of the molecule is O=C(O)C(C(=O)O)c1c(-c2c(Cl)c(Cl)c(Cl)c(Cl)c2Cl)csc1-c1c(Cl)c(Cl)c(Cl)c(Cl)c1Cl. The molecule has 0 saturated heterocycles. The van der Waals surface area contributed by atoms with Crippen molar-refractivity contribution in [3.05, 3.63) is 61.2 Å². The number of carboxylic acid groups (broad SMARTS) is 2. The lowest BCUT2D eigenvalue weighted by Crippen LogP contribution is -2.22. The molecule has 0 fully saturated rings. The van der Waals surface area contributed by atoms with Crippen LogP contribution >= 0.6 is 127 Å². The van der Waals surface area contributed by atoms with Crippen molar-refractivity contribution < 1.29 is 19.8 Å². The number of rotatable bonds is 5. The van der Waals surface area contributed by atoms with E-state index in [1.54, 1.807) is 0 Å². The highest BCUT2D eigenvalue weighted by Gasteiger charge is 2.38. The molecule has 0 amide bonds. The van der Waals surface area contributed by atoms with Gasteiger partial charge in [-0.2, -0.15) is 0 Å². The van der Waals surface area contributed by atoms with Crippen molar-refractivity contribution in [2.75, 3.05) is 0 Å². The second-order valence-electron chi connectivity index (χ2n) is 6.39. The molecule has 0 radical (unpaired) electrons. The van der Waals surface area contributed by atoms with Crippen molar-refractivity contribution in [1.29, 1.82) is 0 Å². The quantitative estimate of drug-likeness (QED) is 0.160. The number of benzene rings is 2. The van der Waals surface area contributed by atoms with Gasteiger partial charge in [-0.15, -0.1) is 11.3 Å². The number of carboxylic acids is 2. The van der Waals surface area contributed by atoms with E-state index in [1.807, 2.05) is 0 Å². The first kappa shape index (κ1) is 28.5. The first-order chi connectivity index (χ1) is 15.7.